The quantitative estimate of drug-likeness (QED) is 0.507. The van der Waals surface area contributed by atoms with Gasteiger partial charge >= 0.3 is 0 Å². The molecule has 0 spiro atoms. The summed E-state index contributed by atoms with van der Waals surface area (Å²) in [6.07, 6.45) is 0.924. The zero-order valence-electron chi connectivity index (χ0n) is 6.45. The van der Waals surface area contributed by atoms with Crippen molar-refractivity contribution >= 4 is 0 Å². The van der Waals surface area contributed by atoms with Gasteiger partial charge in [0.25, 0.3) is 0 Å². The van der Waals surface area contributed by atoms with Crippen LogP contribution >= 0.6 is 0 Å². The van der Waals surface area contributed by atoms with Gasteiger partial charge in [0.2, 0.25) is 0 Å². The van der Waals surface area contributed by atoms with Gasteiger partial charge in [0.1, 0.15) is 0 Å². The molecule has 0 aromatic heterocycles. The first-order chi connectivity index (χ1) is 4.70. The van der Waals surface area contributed by atoms with Crippen LogP contribution in [-0.2, 0) is 0 Å². The molecular weight excluding hydrogens is 130 g/mol. The molecule has 0 saturated carbocycles. The van der Waals surface area contributed by atoms with Crippen LogP contribution < -0.4 is 5.73 Å². The van der Waals surface area contributed by atoms with Gasteiger partial charge in [-0.15, -0.1) is 0 Å². The Labute approximate surface area is 61.9 Å². The summed E-state index contributed by atoms with van der Waals surface area (Å²) in [7, 11) is 0. The van der Waals surface area contributed by atoms with Crippen LogP contribution in [0.25, 0.3) is 0 Å². The molecular formula is C7H17NO2. The van der Waals surface area contributed by atoms with Gasteiger partial charge in [-0.05, 0) is 25.8 Å². The lowest BCUT2D eigenvalue weighted by Gasteiger charge is -2.12. The summed E-state index contributed by atoms with van der Waals surface area (Å²) in [5, 5.41) is 18.2. The third-order valence-corrected chi connectivity index (χ3v) is 1.52. The average molecular weight is 147 g/mol. The third kappa shape index (κ3) is 4.73. The van der Waals surface area contributed by atoms with Gasteiger partial charge in [-0.25, -0.2) is 0 Å². The second-order valence-corrected chi connectivity index (χ2v) is 2.53. The summed E-state index contributed by atoms with van der Waals surface area (Å²) in [5.41, 5.74) is 5.20. The number of hydrogen-bond acceptors (Lipinski definition) is 3. The molecule has 0 bridgehead atoms. The fourth-order valence-electron chi connectivity index (χ4n) is 0.791. The van der Waals surface area contributed by atoms with Crippen LogP contribution in [0.4, 0.5) is 0 Å². The average Bonchev–Trinajstić information content (AvgIpc) is 1.88. The van der Waals surface area contributed by atoms with E-state index < -0.39 is 6.10 Å². The van der Waals surface area contributed by atoms with Gasteiger partial charge < -0.3 is 15.9 Å². The normalized spacial score (nSPS) is 16.8. The van der Waals surface area contributed by atoms with Crippen molar-refractivity contribution in [3.05, 3.63) is 0 Å². The lowest BCUT2D eigenvalue weighted by Crippen LogP contribution is -2.19. The molecule has 0 amide bonds. The molecule has 3 nitrogen and oxygen atoms in total. The Bertz CT molecular complexity index is 78.0. The molecule has 0 aliphatic heterocycles. The zero-order chi connectivity index (χ0) is 7.98. The van der Waals surface area contributed by atoms with E-state index in [0.29, 0.717) is 25.8 Å². The first-order valence-corrected chi connectivity index (χ1v) is 3.76. The standard InChI is InChI=1S/C7H17NO2/c1-2-6(9)5-7(10)3-4-8/h6-7,9-10H,2-5,8H2,1H3/t6-,7-/m1/s1. The Morgan fingerprint density at radius 2 is 1.90 bits per heavy atom. The summed E-state index contributed by atoms with van der Waals surface area (Å²) in [5.74, 6) is 0. The molecule has 0 aliphatic rings. The van der Waals surface area contributed by atoms with Crippen LogP contribution in [0.1, 0.15) is 26.2 Å². The molecule has 4 N–H and O–H groups in total. The summed E-state index contributed by atoms with van der Waals surface area (Å²) < 4.78 is 0. The first kappa shape index (κ1) is 9.88. The van der Waals surface area contributed by atoms with Gasteiger partial charge in [-0.1, -0.05) is 6.92 Å². The summed E-state index contributed by atoms with van der Waals surface area (Å²) in [4.78, 5) is 0. The van der Waals surface area contributed by atoms with E-state index in [1.807, 2.05) is 6.92 Å². The maximum absolute atomic E-state index is 9.11. The lowest BCUT2D eigenvalue weighted by molar-refractivity contribution is 0.0751. The molecule has 0 aromatic rings. The number of aliphatic hydroxyl groups is 2. The highest BCUT2D eigenvalue weighted by Gasteiger charge is 2.08. The number of hydrogen-bond donors (Lipinski definition) is 3. The third-order valence-electron chi connectivity index (χ3n) is 1.52. The minimum absolute atomic E-state index is 0.374. The molecule has 0 saturated heterocycles. The van der Waals surface area contributed by atoms with Crippen molar-refractivity contribution in [1.82, 2.24) is 0 Å². The van der Waals surface area contributed by atoms with Gasteiger partial charge in [0, 0.05) is 0 Å². The van der Waals surface area contributed by atoms with Crippen molar-refractivity contribution in [3.63, 3.8) is 0 Å². The van der Waals surface area contributed by atoms with Crippen molar-refractivity contribution in [3.8, 4) is 0 Å². The number of aliphatic hydroxyl groups excluding tert-OH is 2. The Balaban J connectivity index is 3.27. The Kier molecular flexibility index (Phi) is 5.58. The first-order valence-electron chi connectivity index (χ1n) is 3.76. The zero-order valence-corrected chi connectivity index (χ0v) is 6.45. The van der Waals surface area contributed by atoms with Gasteiger partial charge in [0.15, 0.2) is 0 Å². The van der Waals surface area contributed by atoms with E-state index in [4.69, 9.17) is 15.9 Å². The summed E-state index contributed by atoms with van der Waals surface area (Å²) >= 11 is 0. The second-order valence-electron chi connectivity index (χ2n) is 2.53. The Morgan fingerprint density at radius 1 is 1.30 bits per heavy atom. The molecule has 0 aromatic carbocycles. The van der Waals surface area contributed by atoms with Gasteiger partial charge in [-0.3, -0.25) is 0 Å². The molecule has 3 heteroatoms. The van der Waals surface area contributed by atoms with Crippen LogP contribution in [0.5, 0.6) is 0 Å². The number of nitrogens with two attached hydrogens (primary N) is 1. The fraction of sp³-hybridized carbons (Fsp3) is 1.00. The minimum Gasteiger partial charge on any atom is -0.393 e. The molecule has 0 fully saturated rings. The van der Waals surface area contributed by atoms with E-state index >= 15 is 0 Å². The maximum Gasteiger partial charge on any atom is 0.0576 e. The molecule has 10 heavy (non-hydrogen) atoms. The van der Waals surface area contributed by atoms with E-state index in [1.165, 1.54) is 0 Å². The SMILES string of the molecule is CC[C@@H](O)C[C@H](O)CCN. The monoisotopic (exact) mass is 147 g/mol. The van der Waals surface area contributed by atoms with Crippen LogP contribution in [0, 0.1) is 0 Å². The molecule has 0 heterocycles. The minimum atomic E-state index is -0.431. The maximum atomic E-state index is 9.11. The Morgan fingerprint density at radius 3 is 2.30 bits per heavy atom. The summed E-state index contributed by atoms with van der Waals surface area (Å²) in [6, 6.07) is 0. The van der Waals surface area contributed by atoms with E-state index in [9.17, 15) is 0 Å². The lowest BCUT2D eigenvalue weighted by atomic mass is 10.1. The van der Waals surface area contributed by atoms with E-state index in [1.54, 1.807) is 0 Å². The predicted molar refractivity (Wildman–Crippen MR) is 40.6 cm³/mol. The highest BCUT2D eigenvalue weighted by atomic mass is 16.3. The van der Waals surface area contributed by atoms with Crippen LogP contribution in [0.15, 0.2) is 0 Å². The molecule has 0 aliphatic carbocycles. The topological polar surface area (TPSA) is 66.5 Å². The molecule has 0 unspecified atom stereocenters. The second kappa shape index (κ2) is 5.65. The van der Waals surface area contributed by atoms with Crippen LogP contribution in [0.2, 0.25) is 0 Å². The number of rotatable bonds is 5. The highest BCUT2D eigenvalue weighted by Crippen LogP contribution is 2.03. The predicted octanol–water partition coefficient (Wildman–Crippen LogP) is -0.143. The van der Waals surface area contributed by atoms with E-state index in [0.717, 1.165) is 0 Å². The van der Waals surface area contributed by atoms with Gasteiger partial charge in [0.05, 0.1) is 12.2 Å². The molecule has 2 atom stereocenters. The van der Waals surface area contributed by atoms with Crippen molar-refractivity contribution in [2.45, 2.75) is 38.4 Å². The smallest absolute Gasteiger partial charge is 0.0576 e. The molecule has 0 radical (unpaired) electrons. The van der Waals surface area contributed by atoms with E-state index in [2.05, 4.69) is 0 Å². The summed E-state index contributed by atoms with van der Waals surface area (Å²) in [6.45, 7) is 2.37. The highest BCUT2D eigenvalue weighted by molar-refractivity contribution is 4.61. The van der Waals surface area contributed by atoms with Gasteiger partial charge in [-0.2, -0.15) is 0 Å². The largest absolute Gasteiger partial charge is 0.393 e. The Hall–Kier alpha value is -0.120. The van der Waals surface area contributed by atoms with E-state index in [-0.39, 0.29) is 6.10 Å². The van der Waals surface area contributed by atoms with Crippen molar-refractivity contribution in [1.29, 1.82) is 0 Å². The fourth-order valence-corrected chi connectivity index (χ4v) is 0.791. The van der Waals surface area contributed by atoms with Crippen molar-refractivity contribution in [2.24, 2.45) is 5.73 Å². The van der Waals surface area contributed by atoms with Crippen LogP contribution in [0.3, 0.4) is 0 Å². The van der Waals surface area contributed by atoms with Crippen molar-refractivity contribution < 1.29 is 10.2 Å². The van der Waals surface area contributed by atoms with Crippen LogP contribution in [-0.4, -0.2) is 29.0 Å². The molecule has 62 valence electrons. The van der Waals surface area contributed by atoms with Crippen molar-refractivity contribution in [2.75, 3.05) is 6.54 Å². The molecule has 0 rings (SSSR count).